The Kier molecular flexibility index (Phi) is 7.26. The van der Waals surface area contributed by atoms with E-state index in [4.69, 9.17) is 22.3 Å². The molecule has 27 heavy (non-hydrogen) atoms. The summed E-state index contributed by atoms with van der Waals surface area (Å²) in [6.07, 6.45) is -0.578. The third-order valence-corrected chi connectivity index (χ3v) is 7.27. The Morgan fingerprint density at radius 1 is 0.852 bits per heavy atom. The van der Waals surface area contributed by atoms with Crippen molar-refractivity contribution < 1.29 is 51.7 Å². The van der Waals surface area contributed by atoms with E-state index in [1.807, 2.05) is 0 Å². The zero-order valence-electron chi connectivity index (χ0n) is 14.1. The van der Waals surface area contributed by atoms with E-state index < -0.39 is 45.0 Å². The minimum absolute atomic E-state index is 0.00230. The van der Waals surface area contributed by atoms with E-state index in [-0.39, 0.29) is 63.0 Å². The molecule has 3 rings (SSSR count). The molecule has 3 fully saturated rings. The first-order valence-corrected chi connectivity index (χ1v) is 12.2. The Hall–Kier alpha value is -0.165. The van der Waals surface area contributed by atoms with Crippen molar-refractivity contribution in [2.24, 2.45) is 11.8 Å². The van der Waals surface area contributed by atoms with Gasteiger partial charge in [-0.2, -0.15) is 21.0 Å². The average Bonchev–Trinajstić information content (AvgIpc) is 3.25. The van der Waals surface area contributed by atoms with E-state index >= 15 is 0 Å². The lowest BCUT2D eigenvalue weighted by Gasteiger charge is -2.18. The van der Waals surface area contributed by atoms with Gasteiger partial charge in [-0.25, -0.2) is 0 Å². The van der Waals surface area contributed by atoms with Gasteiger partial charge in [-0.1, -0.05) is 0 Å². The summed E-state index contributed by atoms with van der Waals surface area (Å²) in [6, 6.07) is 0. The van der Waals surface area contributed by atoms with Gasteiger partial charge in [-0.05, 0) is 0 Å². The van der Waals surface area contributed by atoms with Crippen molar-refractivity contribution in [3.8, 4) is 0 Å². The van der Waals surface area contributed by atoms with Crippen molar-refractivity contribution in [2.45, 2.75) is 6.10 Å². The maximum absolute atomic E-state index is 11.3. The van der Waals surface area contributed by atoms with Crippen LogP contribution in [-0.2, 0) is 62.3 Å². The molecule has 0 aromatic rings. The molecule has 0 radical (unpaired) electrons. The summed E-state index contributed by atoms with van der Waals surface area (Å²) in [4.78, 5) is 0. The topological polar surface area (TPSA) is 150 Å². The van der Waals surface area contributed by atoms with Crippen LogP contribution < -0.4 is 0 Å². The van der Waals surface area contributed by atoms with E-state index in [1.54, 1.807) is 0 Å². The first-order chi connectivity index (χ1) is 12.7. The summed E-state index contributed by atoms with van der Waals surface area (Å²) >= 11 is -1.82. The van der Waals surface area contributed by atoms with Crippen molar-refractivity contribution in [3.05, 3.63) is 0 Å². The molecule has 0 N–H and O–H groups in total. The fraction of sp³-hybridized carbons (Fsp3) is 1.00. The molecule has 4 atom stereocenters. The lowest BCUT2D eigenvalue weighted by atomic mass is 10.1. The largest absolute Gasteiger partial charge is 0.639 e. The van der Waals surface area contributed by atoms with Crippen LogP contribution in [0.2, 0.25) is 0 Å². The summed E-state index contributed by atoms with van der Waals surface area (Å²) in [7, 11) is -8.26. The summed E-state index contributed by atoms with van der Waals surface area (Å²) in [5.74, 6) is -1.10. The first-order valence-electron chi connectivity index (χ1n) is 8.02. The van der Waals surface area contributed by atoms with Crippen LogP contribution >= 0.6 is 0 Å². The molecular weight excluding hydrogens is 431 g/mol. The van der Waals surface area contributed by atoms with Gasteiger partial charge < -0.3 is 14.0 Å². The summed E-state index contributed by atoms with van der Waals surface area (Å²) in [5.41, 5.74) is 0. The van der Waals surface area contributed by atoms with Crippen molar-refractivity contribution in [2.75, 3.05) is 51.1 Å². The van der Waals surface area contributed by atoms with Gasteiger partial charge in [0.15, 0.2) is 0 Å². The molecule has 16 heteroatoms. The predicted octanol–water partition coefficient (Wildman–Crippen LogP) is -2.03. The third kappa shape index (κ3) is 6.99. The maximum Gasteiger partial charge on any atom is 0.639 e. The number of hydrogen-bond donors (Lipinski definition) is 0. The average molecular weight is 450 g/mol. The molecule has 12 nitrogen and oxygen atoms in total. The second-order valence-electron chi connectivity index (χ2n) is 6.25. The summed E-state index contributed by atoms with van der Waals surface area (Å²) < 4.78 is 91.6. The lowest BCUT2D eigenvalue weighted by Crippen LogP contribution is -2.35. The molecule has 156 valence electrons. The van der Waals surface area contributed by atoms with E-state index in [0.717, 1.165) is 0 Å². The van der Waals surface area contributed by atoms with Crippen LogP contribution in [0.1, 0.15) is 0 Å². The van der Waals surface area contributed by atoms with Crippen molar-refractivity contribution >= 4 is 38.9 Å². The van der Waals surface area contributed by atoms with Crippen LogP contribution in [0.15, 0.2) is 0 Å². The normalized spacial score (nSPS) is 34.8. The Bertz CT molecular complexity index is 692. The molecular formula is C11H19BO12S3. The Morgan fingerprint density at radius 3 is 1.78 bits per heavy atom. The molecule has 0 saturated carbocycles. The molecule has 0 bridgehead atoms. The fourth-order valence-corrected chi connectivity index (χ4v) is 5.68. The molecule has 3 aliphatic rings. The van der Waals surface area contributed by atoms with Crippen LogP contribution in [0.3, 0.4) is 0 Å². The Morgan fingerprint density at radius 2 is 1.37 bits per heavy atom. The zero-order valence-corrected chi connectivity index (χ0v) is 16.5. The van der Waals surface area contributed by atoms with Crippen molar-refractivity contribution in [1.82, 2.24) is 0 Å². The summed E-state index contributed by atoms with van der Waals surface area (Å²) in [6.45, 7) is 0.0252. The van der Waals surface area contributed by atoms with Crippen LogP contribution in [0.4, 0.5) is 0 Å². The van der Waals surface area contributed by atoms with Gasteiger partial charge >= 0.3 is 18.7 Å². The Labute approximate surface area is 160 Å². The number of rotatable bonds is 9. The minimum atomic E-state index is -3.53. The molecule has 4 unspecified atom stereocenters. The second-order valence-corrected chi connectivity index (χ2v) is 10.5. The highest BCUT2D eigenvalue weighted by atomic mass is 32.2. The lowest BCUT2D eigenvalue weighted by molar-refractivity contribution is 0.0447. The van der Waals surface area contributed by atoms with Crippen molar-refractivity contribution in [3.63, 3.8) is 0 Å². The van der Waals surface area contributed by atoms with E-state index in [0.29, 0.717) is 0 Å². The van der Waals surface area contributed by atoms with E-state index in [1.165, 1.54) is 0 Å². The zero-order chi connectivity index (χ0) is 19.5. The molecule has 3 heterocycles. The van der Waals surface area contributed by atoms with Gasteiger partial charge in [-0.3, -0.25) is 16.7 Å². The quantitative estimate of drug-likeness (QED) is 0.281. The highest BCUT2D eigenvalue weighted by Crippen LogP contribution is 2.18. The third-order valence-electron chi connectivity index (χ3n) is 3.77. The number of hydrogen-bond acceptors (Lipinski definition) is 12. The Balaban J connectivity index is 1.47. The van der Waals surface area contributed by atoms with Crippen LogP contribution in [0.25, 0.3) is 0 Å². The SMILES string of the molecule is O=S1OCC(COB(OCC2COS(=O)(=O)C2)OCC2COS(=O)(=O)C2)O1. The minimum Gasteiger partial charge on any atom is -0.385 e. The highest BCUT2D eigenvalue weighted by molar-refractivity contribution is 7.87. The molecule has 0 amide bonds. The highest BCUT2D eigenvalue weighted by Gasteiger charge is 2.35. The predicted molar refractivity (Wildman–Crippen MR) is 89.0 cm³/mol. The van der Waals surface area contributed by atoms with Crippen LogP contribution in [0, 0.1) is 11.8 Å². The van der Waals surface area contributed by atoms with Gasteiger partial charge in [0.25, 0.3) is 20.2 Å². The van der Waals surface area contributed by atoms with Gasteiger partial charge in [-0.15, -0.1) is 0 Å². The van der Waals surface area contributed by atoms with Gasteiger partial charge in [0, 0.05) is 25.0 Å². The maximum atomic E-state index is 11.3. The van der Waals surface area contributed by atoms with Gasteiger partial charge in [0.1, 0.15) is 6.10 Å². The molecule has 3 saturated heterocycles. The monoisotopic (exact) mass is 450 g/mol. The van der Waals surface area contributed by atoms with Gasteiger partial charge in [0.05, 0.1) is 37.9 Å². The standard InChI is InChI=1S/C11H19BO12S3/c13-25-21-6-11(24-25)5-20-12(18-1-9-3-22-26(14,15)7-9)19-2-10-4-23-27(16,17)8-10/h9-11H,1-8H2. The molecule has 0 aromatic carbocycles. The second kappa shape index (κ2) is 9.10. The van der Waals surface area contributed by atoms with E-state index in [2.05, 4.69) is 8.37 Å². The smallest absolute Gasteiger partial charge is 0.385 e. The molecule has 0 aromatic heterocycles. The molecule has 0 spiro atoms. The molecule has 0 aliphatic carbocycles. The van der Waals surface area contributed by atoms with Crippen molar-refractivity contribution in [1.29, 1.82) is 0 Å². The fourth-order valence-electron chi connectivity index (χ4n) is 2.50. The van der Waals surface area contributed by atoms with Gasteiger partial charge in [0.2, 0.25) is 0 Å². The van der Waals surface area contributed by atoms with Crippen LogP contribution in [-0.4, -0.2) is 85.6 Å². The van der Waals surface area contributed by atoms with E-state index in [9.17, 15) is 21.0 Å². The molecule has 3 aliphatic heterocycles. The summed E-state index contributed by atoms with van der Waals surface area (Å²) in [5, 5.41) is 0. The first kappa shape index (κ1) is 21.5. The van der Waals surface area contributed by atoms with Crippen LogP contribution in [0.5, 0.6) is 0 Å².